The van der Waals surface area contributed by atoms with Crippen molar-refractivity contribution in [3.63, 3.8) is 0 Å². The number of pyridine rings is 1. The summed E-state index contributed by atoms with van der Waals surface area (Å²) in [6, 6.07) is 20.9. The average molecular weight is 347 g/mol. The standard InChI is InChI=1S/C20H17N3O3/c1-23(16-7-3-2-4-8-16)20(25)26-17-12-10-15(11-13-17)22-19(24)18-9-5-6-14-21-18/h2-14H,1H3,(H,22,24). The number of carbonyl (C=O) groups excluding carboxylic acids is 2. The summed E-state index contributed by atoms with van der Waals surface area (Å²) in [5.74, 6) is 0.0766. The topological polar surface area (TPSA) is 71.5 Å². The maximum atomic E-state index is 12.2. The summed E-state index contributed by atoms with van der Waals surface area (Å²) in [6.07, 6.45) is 1.06. The van der Waals surface area contributed by atoms with Gasteiger partial charge in [0.15, 0.2) is 0 Å². The summed E-state index contributed by atoms with van der Waals surface area (Å²) in [5, 5.41) is 2.74. The van der Waals surface area contributed by atoms with Crippen LogP contribution in [0.5, 0.6) is 5.75 Å². The number of para-hydroxylation sites is 1. The lowest BCUT2D eigenvalue weighted by molar-refractivity contribution is 0.102. The molecule has 2 aromatic carbocycles. The van der Waals surface area contributed by atoms with Crippen molar-refractivity contribution in [1.82, 2.24) is 4.98 Å². The number of anilines is 2. The van der Waals surface area contributed by atoms with Gasteiger partial charge in [-0.1, -0.05) is 24.3 Å². The largest absolute Gasteiger partial charge is 0.419 e. The number of carbonyl (C=O) groups is 2. The Kier molecular flexibility index (Phi) is 5.24. The van der Waals surface area contributed by atoms with Crippen LogP contribution in [0.15, 0.2) is 79.0 Å². The predicted molar refractivity (Wildman–Crippen MR) is 99.5 cm³/mol. The third-order valence-electron chi connectivity index (χ3n) is 3.63. The fourth-order valence-electron chi connectivity index (χ4n) is 2.22. The Morgan fingerprint density at radius 1 is 0.923 bits per heavy atom. The number of ether oxygens (including phenoxy) is 1. The number of rotatable bonds is 4. The fourth-order valence-corrected chi connectivity index (χ4v) is 2.22. The van der Waals surface area contributed by atoms with Crippen molar-refractivity contribution in [2.24, 2.45) is 0 Å². The molecule has 0 aliphatic heterocycles. The minimum atomic E-state index is -0.499. The number of hydrogen-bond donors (Lipinski definition) is 1. The number of hydrogen-bond acceptors (Lipinski definition) is 4. The summed E-state index contributed by atoms with van der Waals surface area (Å²) in [4.78, 5) is 29.7. The predicted octanol–water partition coefficient (Wildman–Crippen LogP) is 3.97. The van der Waals surface area contributed by atoms with Crippen LogP contribution < -0.4 is 15.0 Å². The lowest BCUT2D eigenvalue weighted by Gasteiger charge is -2.16. The third kappa shape index (κ3) is 4.24. The van der Waals surface area contributed by atoms with Crippen molar-refractivity contribution >= 4 is 23.4 Å². The van der Waals surface area contributed by atoms with Crippen LogP contribution in [0.3, 0.4) is 0 Å². The van der Waals surface area contributed by atoms with Crippen LogP contribution in [0.1, 0.15) is 10.5 Å². The van der Waals surface area contributed by atoms with Crippen molar-refractivity contribution in [3.05, 3.63) is 84.7 Å². The van der Waals surface area contributed by atoms with Gasteiger partial charge in [-0.05, 0) is 48.5 Å². The molecule has 6 nitrogen and oxygen atoms in total. The Morgan fingerprint density at radius 2 is 1.62 bits per heavy atom. The molecule has 6 heteroatoms. The first kappa shape index (κ1) is 17.2. The molecular formula is C20H17N3O3. The lowest BCUT2D eigenvalue weighted by Crippen LogP contribution is -2.29. The van der Waals surface area contributed by atoms with Gasteiger partial charge in [0, 0.05) is 24.6 Å². The van der Waals surface area contributed by atoms with E-state index in [0.717, 1.165) is 5.69 Å². The van der Waals surface area contributed by atoms with Gasteiger partial charge in [-0.2, -0.15) is 0 Å². The zero-order valence-corrected chi connectivity index (χ0v) is 14.1. The maximum absolute atomic E-state index is 12.2. The third-order valence-corrected chi connectivity index (χ3v) is 3.63. The smallest absolute Gasteiger partial charge is 0.410 e. The summed E-state index contributed by atoms with van der Waals surface area (Å²) >= 11 is 0. The molecule has 0 aliphatic rings. The van der Waals surface area contributed by atoms with Crippen molar-refractivity contribution in [3.8, 4) is 5.75 Å². The average Bonchev–Trinajstić information content (AvgIpc) is 2.70. The van der Waals surface area contributed by atoms with Crippen molar-refractivity contribution in [2.45, 2.75) is 0 Å². The van der Waals surface area contributed by atoms with E-state index in [9.17, 15) is 9.59 Å². The van der Waals surface area contributed by atoms with Crippen LogP contribution in [0.4, 0.5) is 16.2 Å². The van der Waals surface area contributed by atoms with E-state index < -0.39 is 6.09 Å². The molecule has 0 unspecified atom stereocenters. The molecule has 0 saturated carbocycles. The first-order valence-corrected chi connectivity index (χ1v) is 7.96. The van der Waals surface area contributed by atoms with Gasteiger partial charge in [0.05, 0.1) is 0 Å². The second-order valence-corrected chi connectivity index (χ2v) is 5.46. The lowest BCUT2D eigenvalue weighted by atomic mass is 10.3. The van der Waals surface area contributed by atoms with Crippen molar-refractivity contribution in [2.75, 3.05) is 17.3 Å². The minimum Gasteiger partial charge on any atom is -0.410 e. The van der Waals surface area contributed by atoms with Gasteiger partial charge in [-0.3, -0.25) is 14.7 Å². The number of nitrogens with one attached hydrogen (secondary N) is 1. The summed E-state index contributed by atoms with van der Waals surface area (Å²) < 4.78 is 5.34. The second kappa shape index (κ2) is 7.94. The first-order valence-electron chi connectivity index (χ1n) is 7.96. The van der Waals surface area contributed by atoms with Crippen LogP contribution >= 0.6 is 0 Å². The van der Waals surface area contributed by atoms with E-state index in [-0.39, 0.29) is 5.91 Å². The van der Waals surface area contributed by atoms with Crippen LogP contribution in [0, 0.1) is 0 Å². The summed E-state index contributed by atoms with van der Waals surface area (Å²) in [5.41, 5.74) is 1.64. The second-order valence-electron chi connectivity index (χ2n) is 5.46. The molecule has 3 rings (SSSR count). The molecule has 0 fully saturated rings. The molecule has 0 radical (unpaired) electrons. The van der Waals surface area contributed by atoms with E-state index in [1.807, 2.05) is 30.3 Å². The van der Waals surface area contributed by atoms with Gasteiger partial charge in [-0.15, -0.1) is 0 Å². The summed E-state index contributed by atoms with van der Waals surface area (Å²) in [7, 11) is 1.64. The normalized spacial score (nSPS) is 10.0. The van der Waals surface area contributed by atoms with E-state index in [4.69, 9.17) is 4.74 Å². The van der Waals surface area contributed by atoms with Gasteiger partial charge >= 0.3 is 6.09 Å². The van der Waals surface area contributed by atoms with Crippen LogP contribution in [-0.4, -0.2) is 24.0 Å². The quantitative estimate of drug-likeness (QED) is 0.775. The Bertz CT molecular complexity index is 881. The molecule has 0 bridgehead atoms. The van der Waals surface area contributed by atoms with E-state index in [1.165, 1.54) is 4.90 Å². The minimum absolute atomic E-state index is 0.306. The van der Waals surface area contributed by atoms with Gasteiger partial charge in [0.1, 0.15) is 11.4 Å². The number of benzene rings is 2. The van der Waals surface area contributed by atoms with Crippen LogP contribution in [-0.2, 0) is 0 Å². The molecule has 26 heavy (non-hydrogen) atoms. The SMILES string of the molecule is CN(C(=O)Oc1ccc(NC(=O)c2ccccn2)cc1)c1ccccc1. The highest BCUT2D eigenvalue weighted by atomic mass is 16.6. The van der Waals surface area contributed by atoms with Crippen LogP contribution in [0.25, 0.3) is 0 Å². The molecule has 1 heterocycles. The van der Waals surface area contributed by atoms with Gasteiger partial charge in [0.2, 0.25) is 0 Å². The molecule has 0 atom stereocenters. The highest BCUT2D eigenvalue weighted by molar-refractivity contribution is 6.02. The van der Waals surface area contributed by atoms with E-state index in [1.54, 1.807) is 55.7 Å². The Hall–Kier alpha value is -3.67. The summed E-state index contributed by atoms with van der Waals surface area (Å²) in [6.45, 7) is 0. The molecule has 130 valence electrons. The van der Waals surface area contributed by atoms with Crippen LogP contribution in [0.2, 0.25) is 0 Å². The number of aromatic nitrogens is 1. The monoisotopic (exact) mass is 347 g/mol. The fraction of sp³-hybridized carbons (Fsp3) is 0.0500. The number of nitrogens with zero attached hydrogens (tertiary/aromatic N) is 2. The Morgan fingerprint density at radius 3 is 2.27 bits per heavy atom. The van der Waals surface area contributed by atoms with E-state index in [2.05, 4.69) is 10.3 Å². The molecule has 3 aromatic rings. The highest BCUT2D eigenvalue weighted by Crippen LogP contribution is 2.19. The molecule has 0 saturated heterocycles. The molecule has 0 spiro atoms. The van der Waals surface area contributed by atoms with E-state index >= 15 is 0 Å². The van der Waals surface area contributed by atoms with E-state index in [0.29, 0.717) is 17.1 Å². The zero-order valence-electron chi connectivity index (χ0n) is 14.1. The number of amides is 2. The molecule has 1 aromatic heterocycles. The molecule has 2 amide bonds. The molecular weight excluding hydrogens is 330 g/mol. The van der Waals surface area contributed by atoms with Gasteiger partial charge in [0.25, 0.3) is 5.91 Å². The Labute approximate surface area is 151 Å². The maximum Gasteiger partial charge on any atom is 0.419 e. The highest BCUT2D eigenvalue weighted by Gasteiger charge is 2.13. The zero-order chi connectivity index (χ0) is 18.4. The van der Waals surface area contributed by atoms with Gasteiger partial charge < -0.3 is 10.1 Å². The molecule has 1 N–H and O–H groups in total. The Balaban J connectivity index is 1.61. The van der Waals surface area contributed by atoms with Crippen molar-refractivity contribution < 1.29 is 14.3 Å². The van der Waals surface area contributed by atoms with Gasteiger partial charge in [-0.25, -0.2) is 4.79 Å². The first-order chi connectivity index (χ1) is 12.6. The molecule has 0 aliphatic carbocycles. The van der Waals surface area contributed by atoms with Crippen molar-refractivity contribution in [1.29, 1.82) is 0 Å².